The molecule has 0 aliphatic carbocycles. The monoisotopic (exact) mass is 324 g/mol. The van der Waals surface area contributed by atoms with Crippen LogP contribution in [0.5, 0.6) is 5.75 Å². The predicted octanol–water partition coefficient (Wildman–Crippen LogP) is 3.43. The Kier molecular flexibility index (Phi) is 7.88. The second-order valence-electron chi connectivity index (χ2n) is 5.24. The van der Waals surface area contributed by atoms with E-state index in [9.17, 15) is 13.2 Å². The first-order valence-electron chi connectivity index (χ1n) is 7.47. The zero-order chi connectivity index (χ0) is 16.4. The number of Topliss-reactive ketones (excluding diaryl/α,β-unsaturated/α-hetero) is 1. The number of hydrogen-bond donors (Lipinski definition) is 0. The number of rotatable bonds is 11. The number of unbranched alkanes of at least 4 members (excludes halogenated alkanes) is 4. The van der Waals surface area contributed by atoms with Crippen LogP contribution in [0.1, 0.15) is 42.5 Å². The van der Waals surface area contributed by atoms with Gasteiger partial charge in [0.15, 0.2) is 15.6 Å². The zero-order valence-corrected chi connectivity index (χ0v) is 13.9. The number of allylic oxidation sites excluding steroid dienone is 1. The quantitative estimate of drug-likeness (QED) is 0.355. The van der Waals surface area contributed by atoms with E-state index in [1.807, 2.05) is 6.08 Å². The molecule has 22 heavy (non-hydrogen) atoms. The fraction of sp³-hybridized carbons (Fsp3) is 0.471. The first kappa shape index (κ1) is 18.4. The summed E-state index contributed by atoms with van der Waals surface area (Å²) in [6.45, 7) is 3.65. The highest BCUT2D eigenvalue weighted by Gasteiger charge is 2.18. The molecular weight excluding hydrogens is 300 g/mol. The fourth-order valence-corrected chi connectivity index (χ4v) is 3.47. The van der Waals surface area contributed by atoms with Crippen LogP contribution in [0.15, 0.2) is 36.9 Å². The molecule has 0 aliphatic rings. The molecule has 0 N–H and O–H groups in total. The van der Waals surface area contributed by atoms with Crippen LogP contribution in [0.3, 0.4) is 0 Å². The highest BCUT2D eigenvalue weighted by molar-refractivity contribution is 7.92. The van der Waals surface area contributed by atoms with Crippen LogP contribution in [0.4, 0.5) is 0 Å². The van der Waals surface area contributed by atoms with Gasteiger partial charge in [-0.25, -0.2) is 8.42 Å². The highest BCUT2D eigenvalue weighted by atomic mass is 32.2. The first-order chi connectivity index (χ1) is 10.5. The Morgan fingerprint density at radius 1 is 1.23 bits per heavy atom. The molecule has 122 valence electrons. The Bertz CT molecular complexity index is 590. The average molecular weight is 324 g/mol. The van der Waals surface area contributed by atoms with Crippen molar-refractivity contribution < 1.29 is 17.9 Å². The molecule has 0 bridgehead atoms. The number of ether oxygens (including phenoxy) is 1. The number of sulfone groups is 1. The van der Waals surface area contributed by atoms with E-state index in [0.717, 1.165) is 25.7 Å². The molecule has 0 unspecified atom stereocenters. The van der Waals surface area contributed by atoms with E-state index in [4.69, 9.17) is 4.74 Å². The van der Waals surface area contributed by atoms with E-state index in [1.165, 1.54) is 7.11 Å². The predicted molar refractivity (Wildman–Crippen MR) is 89.3 cm³/mol. The Balaban J connectivity index is 2.46. The molecular formula is C17H24O4S. The third-order valence-electron chi connectivity index (χ3n) is 3.36. The van der Waals surface area contributed by atoms with Crippen molar-refractivity contribution in [2.75, 3.05) is 18.6 Å². The lowest BCUT2D eigenvalue weighted by atomic mass is 10.1. The molecule has 0 fully saturated rings. The van der Waals surface area contributed by atoms with Gasteiger partial charge in [-0.15, -0.1) is 6.58 Å². The van der Waals surface area contributed by atoms with Crippen molar-refractivity contribution in [3.8, 4) is 5.75 Å². The molecule has 0 saturated heterocycles. The van der Waals surface area contributed by atoms with Crippen molar-refractivity contribution in [3.63, 3.8) is 0 Å². The number of methoxy groups -OCH3 is 1. The molecule has 0 atom stereocenters. The SMILES string of the molecule is C=CCCCCCCS(=O)(=O)CC(=O)c1cccc(OC)c1. The smallest absolute Gasteiger partial charge is 0.178 e. The Morgan fingerprint density at radius 3 is 2.64 bits per heavy atom. The lowest BCUT2D eigenvalue weighted by Gasteiger charge is -2.06. The van der Waals surface area contributed by atoms with Crippen LogP contribution < -0.4 is 4.74 Å². The molecule has 0 aliphatic heterocycles. The molecule has 0 spiro atoms. The van der Waals surface area contributed by atoms with Gasteiger partial charge in [0.1, 0.15) is 11.5 Å². The largest absolute Gasteiger partial charge is 0.497 e. The lowest BCUT2D eigenvalue weighted by Crippen LogP contribution is -2.19. The van der Waals surface area contributed by atoms with E-state index in [0.29, 0.717) is 17.7 Å². The summed E-state index contributed by atoms with van der Waals surface area (Å²) in [4.78, 5) is 12.1. The van der Waals surface area contributed by atoms with Crippen LogP contribution >= 0.6 is 0 Å². The second-order valence-corrected chi connectivity index (χ2v) is 7.42. The second kappa shape index (κ2) is 9.41. The van der Waals surface area contributed by atoms with Gasteiger partial charge in [0, 0.05) is 5.56 Å². The van der Waals surface area contributed by atoms with Crippen LogP contribution in [-0.4, -0.2) is 32.8 Å². The van der Waals surface area contributed by atoms with Crippen molar-refractivity contribution in [2.24, 2.45) is 0 Å². The lowest BCUT2D eigenvalue weighted by molar-refractivity contribution is 0.102. The molecule has 1 aromatic rings. The summed E-state index contributed by atoms with van der Waals surface area (Å²) in [7, 11) is -1.85. The van der Waals surface area contributed by atoms with Crippen LogP contribution in [0.25, 0.3) is 0 Å². The summed E-state index contributed by atoms with van der Waals surface area (Å²) in [6, 6.07) is 6.57. The fourth-order valence-electron chi connectivity index (χ4n) is 2.12. The summed E-state index contributed by atoms with van der Waals surface area (Å²) in [5.74, 6) is -0.208. The van der Waals surface area contributed by atoms with E-state index in [1.54, 1.807) is 24.3 Å². The average Bonchev–Trinajstić information content (AvgIpc) is 2.50. The summed E-state index contributed by atoms with van der Waals surface area (Å²) in [5.41, 5.74) is 0.369. The molecule has 5 heteroatoms. The van der Waals surface area contributed by atoms with E-state index >= 15 is 0 Å². The topological polar surface area (TPSA) is 60.4 Å². The van der Waals surface area contributed by atoms with E-state index in [2.05, 4.69) is 6.58 Å². The minimum atomic E-state index is -3.35. The Hall–Kier alpha value is -1.62. The molecule has 0 heterocycles. The van der Waals surface area contributed by atoms with Crippen molar-refractivity contribution in [1.29, 1.82) is 0 Å². The summed E-state index contributed by atoms with van der Waals surface area (Å²) >= 11 is 0. The van der Waals surface area contributed by atoms with Crippen molar-refractivity contribution in [2.45, 2.75) is 32.1 Å². The normalized spacial score (nSPS) is 11.1. The maximum atomic E-state index is 12.1. The number of carbonyl (C=O) groups excluding carboxylic acids is 1. The Labute approximate surface area is 133 Å². The van der Waals surface area contributed by atoms with Crippen molar-refractivity contribution >= 4 is 15.6 Å². The van der Waals surface area contributed by atoms with Crippen LogP contribution in [0, 0.1) is 0 Å². The number of hydrogen-bond acceptors (Lipinski definition) is 4. The van der Waals surface area contributed by atoms with Gasteiger partial charge in [0.05, 0.1) is 12.9 Å². The van der Waals surface area contributed by atoms with Crippen LogP contribution in [-0.2, 0) is 9.84 Å². The standard InChI is InChI=1S/C17H24O4S/c1-3-4-5-6-7-8-12-22(19,20)14-17(18)15-10-9-11-16(13-15)21-2/h3,9-11,13H,1,4-8,12,14H2,2H3. The van der Waals surface area contributed by atoms with Gasteiger partial charge in [0.25, 0.3) is 0 Å². The minimum absolute atomic E-state index is 0.0663. The molecule has 1 aromatic carbocycles. The zero-order valence-electron chi connectivity index (χ0n) is 13.1. The van der Waals surface area contributed by atoms with E-state index in [-0.39, 0.29) is 11.5 Å². The molecule has 0 aromatic heterocycles. The van der Waals surface area contributed by atoms with Crippen LogP contribution in [0.2, 0.25) is 0 Å². The van der Waals surface area contributed by atoms with Gasteiger partial charge < -0.3 is 4.74 Å². The van der Waals surface area contributed by atoms with E-state index < -0.39 is 15.6 Å². The molecule has 0 radical (unpaired) electrons. The number of benzene rings is 1. The van der Waals surface area contributed by atoms with Gasteiger partial charge in [-0.3, -0.25) is 4.79 Å². The van der Waals surface area contributed by atoms with Gasteiger partial charge in [-0.1, -0.05) is 31.1 Å². The Morgan fingerprint density at radius 2 is 1.95 bits per heavy atom. The molecule has 0 saturated carbocycles. The van der Waals surface area contributed by atoms with Crippen molar-refractivity contribution in [3.05, 3.63) is 42.5 Å². The van der Waals surface area contributed by atoms with Gasteiger partial charge >= 0.3 is 0 Å². The highest BCUT2D eigenvalue weighted by Crippen LogP contribution is 2.14. The van der Waals surface area contributed by atoms with Crippen molar-refractivity contribution in [1.82, 2.24) is 0 Å². The number of ketones is 1. The first-order valence-corrected chi connectivity index (χ1v) is 9.29. The minimum Gasteiger partial charge on any atom is -0.497 e. The third-order valence-corrected chi connectivity index (χ3v) is 4.97. The molecule has 4 nitrogen and oxygen atoms in total. The third kappa shape index (κ3) is 6.89. The van der Waals surface area contributed by atoms with Gasteiger partial charge in [-0.05, 0) is 31.4 Å². The van der Waals surface area contributed by atoms with Gasteiger partial charge in [0.2, 0.25) is 0 Å². The maximum absolute atomic E-state index is 12.1. The summed E-state index contributed by atoms with van der Waals surface area (Å²) in [6.07, 6.45) is 6.31. The molecule has 0 amide bonds. The molecule has 1 rings (SSSR count). The van der Waals surface area contributed by atoms with Gasteiger partial charge in [-0.2, -0.15) is 0 Å². The maximum Gasteiger partial charge on any atom is 0.178 e. The summed E-state index contributed by atoms with van der Waals surface area (Å²) < 4.78 is 29.0. The summed E-state index contributed by atoms with van der Waals surface area (Å²) in [5, 5.41) is 0. The number of carbonyl (C=O) groups is 1.